The molecule has 5 rings (SSSR count). The average Bonchev–Trinajstić information content (AvgIpc) is 2.87. The van der Waals surface area contributed by atoms with Crippen molar-refractivity contribution in [2.45, 2.75) is 19.5 Å². The summed E-state index contributed by atoms with van der Waals surface area (Å²) in [7, 11) is 0. The van der Waals surface area contributed by atoms with Gasteiger partial charge in [0.05, 0.1) is 35.7 Å². The number of anilines is 1. The van der Waals surface area contributed by atoms with E-state index in [1.807, 2.05) is 66.4 Å². The molecule has 4 aromatic rings. The molecule has 1 saturated heterocycles. The molecule has 4 heterocycles. The molecular formula is C26H24N6O2. The standard InChI is InChI=1S/C26H24N6O2/c1-17-15-32(16-25(33)29-17)24-9-5-8-21(31-24)22-11-10-19-13-27-20(12-23(19)30-22)14-28-26(34)18-6-3-2-4-7-18/h2-13,17H,14-16H2,1H3,(H,28,34)(H,29,33). The third kappa shape index (κ3) is 4.71. The van der Waals surface area contributed by atoms with Gasteiger partial charge in [-0.25, -0.2) is 9.97 Å². The number of hydrogen-bond donors (Lipinski definition) is 2. The van der Waals surface area contributed by atoms with Gasteiger partial charge in [-0.3, -0.25) is 14.6 Å². The van der Waals surface area contributed by atoms with Gasteiger partial charge in [-0.1, -0.05) is 24.3 Å². The molecule has 1 aliphatic rings. The second kappa shape index (κ2) is 9.27. The molecule has 1 fully saturated rings. The molecule has 0 bridgehead atoms. The van der Waals surface area contributed by atoms with Crippen LogP contribution in [-0.4, -0.2) is 45.9 Å². The molecule has 8 nitrogen and oxygen atoms in total. The molecule has 1 aliphatic heterocycles. The van der Waals surface area contributed by atoms with E-state index in [2.05, 4.69) is 15.6 Å². The third-order valence-corrected chi connectivity index (χ3v) is 5.65. The van der Waals surface area contributed by atoms with Crippen molar-refractivity contribution in [3.8, 4) is 11.4 Å². The number of rotatable bonds is 5. The molecule has 0 aliphatic carbocycles. The number of amides is 2. The second-order valence-corrected chi connectivity index (χ2v) is 8.34. The molecule has 1 atom stereocenters. The van der Waals surface area contributed by atoms with E-state index in [4.69, 9.17) is 9.97 Å². The van der Waals surface area contributed by atoms with Gasteiger partial charge >= 0.3 is 0 Å². The number of hydrogen-bond acceptors (Lipinski definition) is 6. The molecule has 1 aromatic carbocycles. The van der Waals surface area contributed by atoms with Gasteiger partial charge in [0.1, 0.15) is 5.82 Å². The summed E-state index contributed by atoms with van der Waals surface area (Å²) in [6.45, 7) is 3.28. The third-order valence-electron chi connectivity index (χ3n) is 5.65. The lowest BCUT2D eigenvalue weighted by Crippen LogP contribution is -2.53. The van der Waals surface area contributed by atoms with Crippen LogP contribution in [0.3, 0.4) is 0 Å². The van der Waals surface area contributed by atoms with Gasteiger partial charge in [0.15, 0.2) is 0 Å². The molecule has 34 heavy (non-hydrogen) atoms. The topological polar surface area (TPSA) is 100 Å². The van der Waals surface area contributed by atoms with Gasteiger partial charge in [-0.2, -0.15) is 0 Å². The minimum Gasteiger partial charge on any atom is -0.350 e. The fourth-order valence-electron chi connectivity index (χ4n) is 4.01. The highest BCUT2D eigenvalue weighted by atomic mass is 16.2. The number of carbonyl (C=O) groups is 2. The highest BCUT2D eigenvalue weighted by Gasteiger charge is 2.22. The number of aromatic nitrogens is 3. The summed E-state index contributed by atoms with van der Waals surface area (Å²) in [4.78, 5) is 40.3. The first-order valence-electron chi connectivity index (χ1n) is 11.2. The van der Waals surface area contributed by atoms with E-state index in [9.17, 15) is 9.59 Å². The Hall–Kier alpha value is -4.33. The van der Waals surface area contributed by atoms with Crippen LogP contribution >= 0.6 is 0 Å². The summed E-state index contributed by atoms with van der Waals surface area (Å²) in [5, 5.41) is 6.72. The van der Waals surface area contributed by atoms with E-state index < -0.39 is 0 Å². The zero-order valence-electron chi connectivity index (χ0n) is 18.7. The molecule has 170 valence electrons. The average molecular weight is 453 g/mol. The molecule has 0 radical (unpaired) electrons. The van der Waals surface area contributed by atoms with Crippen molar-refractivity contribution in [1.29, 1.82) is 0 Å². The van der Waals surface area contributed by atoms with Crippen LogP contribution in [0.25, 0.3) is 22.3 Å². The molecule has 0 spiro atoms. The lowest BCUT2D eigenvalue weighted by atomic mass is 10.1. The van der Waals surface area contributed by atoms with E-state index in [0.29, 0.717) is 18.7 Å². The normalized spacial score (nSPS) is 15.7. The number of fused-ring (bicyclic) bond motifs is 1. The van der Waals surface area contributed by atoms with Crippen LogP contribution in [-0.2, 0) is 11.3 Å². The van der Waals surface area contributed by atoms with Crippen molar-refractivity contribution in [2.24, 2.45) is 0 Å². The SMILES string of the molecule is CC1CN(c2cccc(-c3ccc4cnc(CNC(=O)c5ccccc5)cc4n3)n2)CC(=O)N1. The van der Waals surface area contributed by atoms with Crippen molar-refractivity contribution < 1.29 is 9.59 Å². The van der Waals surface area contributed by atoms with Crippen molar-refractivity contribution in [3.63, 3.8) is 0 Å². The van der Waals surface area contributed by atoms with E-state index in [-0.39, 0.29) is 24.4 Å². The van der Waals surface area contributed by atoms with E-state index >= 15 is 0 Å². The summed E-state index contributed by atoms with van der Waals surface area (Å²) in [5.41, 5.74) is 3.56. The van der Waals surface area contributed by atoms with Gasteiger partial charge in [0.25, 0.3) is 5.91 Å². The lowest BCUT2D eigenvalue weighted by Gasteiger charge is -2.32. The first kappa shape index (κ1) is 21.5. The first-order valence-corrected chi connectivity index (χ1v) is 11.2. The Morgan fingerprint density at radius 1 is 1.06 bits per heavy atom. The quantitative estimate of drug-likeness (QED) is 0.483. The maximum atomic E-state index is 12.3. The lowest BCUT2D eigenvalue weighted by molar-refractivity contribution is -0.121. The molecule has 1 unspecified atom stereocenters. The molecule has 8 heteroatoms. The Balaban J connectivity index is 1.36. The summed E-state index contributed by atoms with van der Waals surface area (Å²) in [6.07, 6.45) is 1.76. The van der Waals surface area contributed by atoms with Crippen molar-refractivity contribution in [1.82, 2.24) is 25.6 Å². The van der Waals surface area contributed by atoms with Gasteiger partial charge in [0.2, 0.25) is 5.91 Å². The maximum absolute atomic E-state index is 12.3. The predicted octanol–water partition coefficient (Wildman–Crippen LogP) is 2.95. The van der Waals surface area contributed by atoms with Crippen molar-refractivity contribution >= 4 is 28.5 Å². The first-order chi connectivity index (χ1) is 16.5. The Labute approximate surface area is 197 Å². The minimum atomic E-state index is -0.147. The Bertz CT molecular complexity index is 1360. The largest absolute Gasteiger partial charge is 0.350 e. The van der Waals surface area contributed by atoms with Crippen LogP contribution in [0, 0.1) is 0 Å². The van der Waals surface area contributed by atoms with Crippen LogP contribution in [0.5, 0.6) is 0 Å². The highest BCUT2D eigenvalue weighted by Crippen LogP contribution is 2.23. The van der Waals surface area contributed by atoms with Crippen LogP contribution in [0.4, 0.5) is 5.82 Å². The summed E-state index contributed by atoms with van der Waals surface area (Å²) < 4.78 is 0. The zero-order valence-corrected chi connectivity index (χ0v) is 18.7. The smallest absolute Gasteiger partial charge is 0.251 e. The van der Waals surface area contributed by atoms with Crippen LogP contribution in [0.1, 0.15) is 23.0 Å². The highest BCUT2D eigenvalue weighted by molar-refractivity contribution is 5.94. The molecule has 2 N–H and O–H groups in total. The number of nitrogens with zero attached hydrogens (tertiary/aromatic N) is 4. The number of pyridine rings is 3. The second-order valence-electron chi connectivity index (χ2n) is 8.34. The van der Waals surface area contributed by atoms with Crippen LogP contribution in [0.2, 0.25) is 0 Å². The van der Waals surface area contributed by atoms with Crippen LogP contribution in [0.15, 0.2) is 72.9 Å². The van der Waals surface area contributed by atoms with E-state index in [1.54, 1.807) is 18.3 Å². The Morgan fingerprint density at radius 2 is 1.88 bits per heavy atom. The summed E-state index contributed by atoms with van der Waals surface area (Å²) in [5.74, 6) is 0.597. The van der Waals surface area contributed by atoms with E-state index in [0.717, 1.165) is 33.8 Å². The Morgan fingerprint density at radius 3 is 2.71 bits per heavy atom. The number of benzene rings is 1. The summed E-state index contributed by atoms with van der Waals surface area (Å²) in [6, 6.07) is 20.7. The Kier molecular flexibility index (Phi) is 5.86. The fourth-order valence-corrected chi connectivity index (χ4v) is 4.01. The zero-order chi connectivity index (χ0) is 23.5. The van der Waals surface area contributed by atoms with Gasteiger partial charge in [-0.05, 0) is 49.4 Å². The molecule has 3 aromatic heterocycles. The predicted molar refractivity (Wildman–Crippen MR) is 130 cm³/mol. The van der Waals surface area contributed by atoms with Gasteiger partial charge < -0.3 is 15.5 Å². The van der Waals surface area contributed by atoms with Crippen molar-refractivity contribution in [3.05, 3.63) is 84.2 Å². The monoisotopic (exact) mass is 452 g/mol. The van der Waals surface area contributed by atoms with Crippen molar-refractivity contribution in [2.75, 3.05) is 18.0 Å². The fraction of sp³-hybridized carbons (Fsp3) is 0.192. The van der Waals surface area contributed by atoms with Gasteiger partial charge in [0, 0.05) is 29.7 Å². The summed E-state index contributed by atoms with van der Waals surface area (Å²) >= 11 is 0. The number of piperazine rings is 1. The van der Waals surface area contributed by atoms with Crippen LogP contribution < -0.4 is 15.5 Å². The number of carbonyl (C=O) groups excluding carboxylic acids is 2. The minimum absolute atomic E-state index is 0.00540. The maximum Gasteiger partial charge on any atom is 0.251 e. The van der Waals surface area contributed by atoms with Gasteiger partial charge in [-0.15, -0.1) is 0 Å². The number of nitrogens with one attached hydrogen (secondary N) is 2. The molecular weight excluding hydrogens is 428 g/mol. The van der Waals surface area contributed by atoms with E-state index in [1.165, 1.54) is 0 Å². The molecule has 0 saturated carbocycles. The molecule has 2 amide bonds.